The van der Waals surface area contributed by atoms with Gasteiger partial charge in [0.1, 0.15) is 0 Å². The smallest absolute Gasteiger partial charge is 0.243 e. The van der Waals surface area contributed by atoms with Crippen LogP contribution in [0.2, 0.25) is 5.02 Å². The number of rotatable bonds is 8. The first-order valence-electron chi connectivity index (χ1n) is 8.40. The van der Waals surface area contributed by atoms with Gasteiger partial charge in [-0.25, -0.2) is 8.42 Å². The molecule has 2 rings (SSSR count). The van der Waals surface area contributed by atoms with Crippen LogP contribution in [0.3, 0.4) is 0 Å². The van der Waals surface area contributed by atoms with E-state index in [1.807, 2.05) is 6.92 Å². The Balaban J connectivity index is 2.17. The minimum absolute atomic E-state index is 0.0757. The topological polar surface area (TPSA) is 83.6 Å². The van der Waals surface area contributed by atoms with Crippen molar-refractivity contribution in [2.75, 3.05) is 18.4 Å². The lowest BCUT2D eigenvalue weighted by molar-refractivity contribution is -0.116. The fraction of sp³-hybridized carbons (Fsp3) is 0.263. The maximum atomic E-state index is 12.8. The van der Waals surface area contributed by atoms with E-state index in [2.05, 4.69) is 5.32 Å². The summed E-state index contributed by atoms with van der Waals surface area (Å²) in [6, 6.07) is 12.3. The SMILES string of the molecule is CCCN(CC(=O)Nc1cccc(C(C)=O)c1)S(=O)(=O)c1ccc(Cl)cc1. The van der Waals surface area contributed by atoms with Gasteiger partial charge in [-0.3, -0.25) is 9.59 Å². The maximum Gasteiger partial charge on any atom is 0.243 e. The Morgan fingerprint density at radius 3 is 2.37 bits per heavy atom. The number of sulfonamides is 1. The molecule has 0 aliphatic rings. The Bertz CT molecular complexity index is 927. The molecular weight excluding hydrogens is 388 g/mol. The third kappa shape index (κ3) is 5.63. The third-order valence-corrected chi connectivity index (χ3v) is 5.91. The molecule has 1 N–H and O–H groups in total. The Kier molecular flexibility index (Phi) is 7.12. The normalized spacial score (nSPS) is 11.4. The highest BCUT2D eigenvalue weighted by Gasteiger charge is 2.26. The number of anilines is 1. The van der Waals surface area contributed by atoms with Crippen molar-refractivity contribution in [1.82, 2.24) is 4.31 Å². The molecule has 27 heavy (non-hydrogen) atoms. The van der Waals surface area contributed by atoms with Crippen molar-refractivity contribution < 1.29 is 18.0 Å². The van der Waals surface area contributed by atoms with E-state index in [4.69, 9.17) is 11.6 Å². The van der Waals surface area contributed by atoms with Crippen LogP contribution in [0.1, 0.15) is 30.6 Å². The Labute approximate surface area is 164 Å². The van der Waals surface area contributed by atoms with E-state index in [9.17, 15) is 18.0 Å². The summed E-state index contributed by atoms with van der Waals surface area (Å²) in [7, 11) is -3.83. The average molecular weight is 409 g/mol. The zero-order valence-corrected chi connectivity index (χ0v) is 16.7. The van der Waals surface area contributed by atoms with Crippen LogP contribution in [-0.2, 0) is 14.8 Å². The highest BCUT2D eigenvalue weighted by atomic mass is 35.5. The fourth-order valence-corrected chi connectivity index (χ4v) is 4.08. The van der Waals surface area contributed by atoms with Gasteiger partial charge in [0.2, 0.25) is 15.9 Å². The minimum atomic E-state index is -3.83. The van der Waals surface area contributed by atoms with Gasteiger partial charge in [0, 0.05) is 22.8 Å². The van der Waals surface area contributed by atoms with Gasteiger partial charge in [-0.1, -0.05) is 30.7 Å². The first-order chi connectivity index (χ1) is 12.7. The van der Waals surface area contributed by atoms with Gasteiger partial charge in [-0.2, -0.15) is 4.31 Å². The summed E-state index contributed by atoms with van der Waals surface area (Å²) in [6.07, 6.45) is 0.555. The van der Waals surface area contributed by atoms with E-state index in [1.54, 1.807) is 24.3 Å². The fourth-order valence-electron chi connectivity index (χ4n) is 2.47. The van der Waals surface area contributed by atoms with E-state index >= 15 is 0 Å². The van der Waals surface area contributed by atoms with Crippen LogP contribution in [0, 0.1) is 0 Å². The number of carbonyl (C=O) groups is 2. The van der Waals surface area contributed by atoms with Crippen LogP contribution in [0.15, 0.2) is 53.4 Å². The Hall–Kier alpha value is -2.22. The highest BCUT2D eigenvalue weighted by Crippen LogP contribution is 2.19. The van der Waals surface area contributed by atoms with E-state index < -0.39 is 15.9 Å². The van der Waals surface area contributed by atoms with Gasteiger partial charge in [0.05, 0.1) is 11.4 Å². The average Bonchev–Trinajstić information content (AvgIpc) is 2.62. The standard InChI is InChI=1S/C19H21ClN2O4S/c1-3-11-22(27(25,26)18-9-7-16(20)8-10-18)13-19(24)21-17-6-4-5-15(12-17)14(2)23/h4-10,12H,3,11,13H2,1-2H3,(H,21,24). The molecule has 6 nitrogen and oxygen atoms in total. The van der Waals surface area contributed by atoms with Crippen LogP contribution in [-0.4, -0.2) is 37.5 Å². The summed E-state index contributed by atoms with van der Waals surface area (Å²) in [5.74, 6) is -0.606. The van der Waals surface area contributed by atoms with Gasteiger partial charge in [0.25, 0.3) is 0 Å². The molecule has 0 fully saturated rings. The lowest BCUT2D eigenvalue weighted by Gasteiger charge is -2.21. The van der Waals surface area contributed by atoms with Crippen LogP contribution in [0.4, 0.5) is 5.69 Å². The molecule has 1 amide bonds. The molecule has 0 bridgehead atoms. The first-order valence-corrected chi connectivity index (χ1v) is 10.2. The molecule has 144 valence electrons. The molecular formula is C19H21ClN2O4S. The van der Waals surface area contributed by atoms with Gasteiger partial charge in [-0.05, 0) is 49.7 Å². The van der Waals surface area contributed by atoms with Crippen molar-refractivity contribution in [3.63, 3.8) is 0 Å². The Morgan fingerprint density at radius 1 is 1.11 bits per heavy atom. The second-order valence-corrected chi connectivity index (χ2v) is 8.35. The summed E-state index contributed by atoms with van der Waals surface area (Å²) >= 11 is 5.82. The second-order valence-electron chi connectivity index (χ2n) is 5.98. The number of nitrogens with one attached hydrogen (secondary N) is 1. The van der Waals surface area contributed by atoms with E-state index in [1.165, 1.54) is 31.2 Å². The van der Waals surface area contributed by atoms with Crippen LogP contribution in [0.25, 0.3) is 0 Å². The quantitative estimate of drug-likeness (QED) is 0.676. The maximum absolute atomic E-state index is 12.8. The number of hydrogen-bond acceptors (Lipinski definition) is 4. The van der Waals surface area contributed by atoms with Crippen molar-refractivity contribution in [2.45, 2.75) is 25.2 Å². The molecule has 0 unspecified atom stereocenters. The van der Waals surface area contributed by atoms with Crippen molar-refractivity contribution in [1.29, 1.82) is 0 Å². The second kappa shape index (κ2) is 9.12. The number of hydrogen-bond donors (Lipinski definition) is 1. The molecule has 0 aromatic heterocycles. The molecule has 0 atom stereocenters. The number of benzene rings is 2. The lowest BCUT2D eigenvalue weighted by atomic mass is 10.1. The summed E-state index contributed by atoms with van der Waals surface area (Å²) < 4.78 is 26.8. The summed E-state index contributed by atoms with van der Waals surface area (Å²) in [4.78, 5) is 23.9. The summed E-state index contributed by atoms with van der Waals surface area (Å²) in [5, 5.41) is 3.07. The minimum Gasteiger partial charge on any atom is -0.325 e. The van der Waals surface area contributed by atoms with Gasteiger partial charge in [-0.15, -0.1) is 0 Å². The summed E-state index contributed by atoms with van der Waals surface area (Å²) in [5.41, 5.74) is 0.903. The summed E-state index contributed by atoms with van der Waals surface area (Å²) in [6.45, 7) is 3.14. The van der Waals surface area contributed by atoms with Crippen molar-refractivity contribution in [3.8, 4) is 0 Å². The molecule has 2 aromatic rings. The molecule has 0 spiro atoms. The monoisotopic (exact) mass is 408 g/mol. The zero-order valence-electron chi connectivity index (χ0n) is 15.1. The van der Waals surface area contributed by atoms with E-state index in [0.717, 1.165) is 4.31 Å². The predicted molar refractivity (Wildman–Crippen MR) is 106 cm³/mol. The molecule has 0 aliphatic carbocycles. The number of ketones is 1. The van der Waals surface area contributed by atoms with E-state index in [0.29, 0.717) is 22.7 Å². The van der Waals surface area contributed by atoms with E-state index in [-0.39, 0.29) is 23.8 Å². The van der Waals surface area contributed by atoms with Crippen LogP contribution in [0.5, 0.6) is 0 Å². The van der Waals surface area contributed by atoms with Gasteiger partial charge < -0.3 is 5.32 Å². The van der Waals surface area contributed by atoms with Crippen LogP contribution >= 0.6 is 11.6 Å². The zero-order chi connectivity index (χ0) is 20.0. The highest BCUT2D eigenvalue weighted by molar-refractivity contribution is 7.89. The molecule has 0 saturated heterocycles. The van der Waals surface area contributed by atoms with Crippen molar-refractivity contribution in [2.24, 2.45) is 0 Å². The lowest BCUT2D eigenvalue weighted by Crippen LogP contribution is -2.38. The molecule has 2 aromatic carbocycles. The molecule has 0 radical (unpaired) electrons. The molecule has 0 heterocycles. The number of Topliss-reactive ketones (excluding diaryl/α,β-unsaturated/α-hetero) is 1. The van der Waals surface area contributed by atoms with Crippen molar-refractivity contribution in [3.05, 3.63) is 59.1 Å². The number of amides is 1. The van der Waals surface area contributed by atoms with Gasteiger partial charge >= 0.3 is 0 Å². The predicted octanol–water partition coefficient (Wildman–Crippen LogP) is 3.58. The van der Waals surface area contributed by atoms with Gasteiger partial charge in [0.15, 0.2) is 5.78 Å². The molecule has 0 aliphatic heterocycles. The molecule has 0 saturated carbocycles. The van der Waals surface area contributed by atoms with Crippen molar-refractivity contribution >= 4 is 39.0 Å². The number of nitrogens with zero attached hydrogens (tertiary/aromatic N) is 1. The number of carbonyl (C=O) groups excluding carboxylic acids is 2. The Morgan fingerprint density at radius 2 is 1.78 bits per heavy atom. The first kappa shape index (κ1) is 21.1. The molecule has 8 heteroatoms. The van der Waals surface area contributed by atoms with Crippen LogP contribution < -0.4 is 5.32 Å². The third-order valence-electron chi connectivity index (χ3n) is 3.80. The number of halogens is 1. The largest absolute Gasteiger partial charge is 0.325 e.